The number of hydrogen-bond acceptors (Lipinski definition) is 4. The maximum atomic E-state index is 9.80. The number of hydrazone groups is 1. The van der Waals surface area contributed by atoms with Crippen molar-refractivity contribution >= 4 is 6.21 Å². The van der Waals surface area contributed by atoms with Crippen molar-refractivity contribution < 1.29 is 15.1 Å². The number of nitrogens with one attached hydrogen (secondary N) is 1. The number of quaternary nitrogens is 1. The molecule has 0 atom stereocenters. The Kier molecular flexibility index (Phi) is 5.24. The van der Waals surface area contributed by atoms with Gasteiger partial charge in [-0.3, -0.25) is 5.01 Å². The number of phenols is 2. The Balaban J connectivity index is 1.54. The predicted octanol–water partition coefficient (Wildman–Crippen LogP) is 1.45. The fraction of sp³-hybridized carbons (Fsp3) is 0.350. The summed E-state index contributed by atoms with van der Waals surface area (Å²) < 4.78 is 0. The second-order valence-electron chi connectivity index (χ2n) is 6.80. The van der Waals surface area contributed by atoms with Gasteiger partial charge < -0.3 is 15.1 Å². The Morgan fingerprint density at radius 3 is 2.52 bits per heavy atom. The third-order valence-corrected chi connectivity index (χ3v) is 4.76. The first-order valence-corrected chi connectivity index (χ1v) is 8.72. The second kappa shape index (κ2) is 7.57. The highest BCUT2D eigenvalue weighted by Gasteiger charge is 2.19. The van der Waals surface area contributed by atoms with E-state index in [1.807, 2.05) is 5.01 Å². The van der Waals surface area contributed by atoms with Gasteiger partial charge in [-0.15, -0.1) is 0 Å². The molecular weight excluding hydrogens is 314 g/mol. The van der Waals surface area contributed by atoms with Crippen molar-refractivity contribution in [2.45, 2.75) is 20.4 Å². The Labute approximate surface area is 148 Å². The van der Waals surface area contributed by atoms with Crippen molar-refractivity contribution in [2.24, 2.45) is 5.10 Å². The van der Waals surface area contributed by atoms with Crippen LogP contribution >= 0.6 is 0 Å². The topological polar surface area (TPSA) is 60.5 Å². The number of phenolic OH excluding ortho intramolecular Hbond substituents is 2. The van der Waals surface area contributed by atoms with Crippen molar-refractivity contribution in [2.75, 3.05) is 26.2 Å². The smallest absolute Gasteiger partial charge is 0.128 e. The number of aromatic hydroxyl groups is 2. The number of piperazine rings is 1. The minimum absolute atomic E-state index is 0.0443. The van der Waals surface area contributed by atoms with E-state index in [0.29, 0.717) is 5.56 Å². The lowest BCUT2D eigenvalue weighted by Crippen LogP contribution is -3.13. The maximum absolute atomic E-state index is 9.80. The SMILES string of the molecule is Cc1ccc(C[NH+]2CCN(/N=C/c3ccc(O)cc3O)CC2)c(C)c1. The zero-order valence-corrected chi connectivity index (χ0v) is 14.9. The zero-order valence-electron chi connectivity index (χ0n) is 14.9. The Morgan fingerprint density at radius 1 is 1.08 bits per heavy atom. The summed E-state index contributed by atoms with van der Waals surface area (Å²) >= 11 is 0. The average molecular weight is 340 g/mol. The summed E-state index contributed by atoms with van der Waals surface area (Å²) in [6.07, 6.45) is 1.66. The summed E-state index contributed by atoms with van der Waals surface area (Å²) in [7, 11) is 0. The third kappa shape index (κ3) is 4.51. The van der Waals surface area contributed by atoms with E-state index in [2.05, 4.69) is 37.1 Å². The molecule has 0 bridgehead atoms. The first-order chi connectivity index (χ1) is 12.0. The van der Waals surface area contributed by atoms with Gasteiger partial charge in [-0.05, 0) is 31.5 Å². The van der Waals surface area contributed by atoms with Crippen LogP contribution in [-0.4, -0.2) is 47.6 Å². The van der Waals surface area contributed by atoms with E-state index in [1.165, 1.54) is 22.8 Å². The lowest BCUT2D eigenvalue weighted by atomic mass is 10.1. The van der Waals surface area contributed by atoms with E-state index in [1.54, 1.807) is 23.2 Å². The molecule has 25 heavy (non-hydrogen) atoms. The van der Waals surface area contributed by atoms with Gasteiger partial charge in [0.05, 0.1) is 32.4 Å². The van der Waals surface area contributed by atoms with Gasteiger partial charge >= 0.3 is 0 Å². The van der Waals surface area contributed by atoms with Crippen molar-refractivity contribution in [3.05, 3.63) is 58.7 Å². The standard InChI is InChI=1S/C20H25N3O2/c1-15-3-4-18(16(2)11-15)14-22-7-9-23(10-8-22)21-13-17-5-6-19(24)12-20(17)25/h3-6,11-13,24-25H,7-10,14H2,1-2H3/p+1/b21-13+. The average Bonchev–Trinajstić information content (AvgIpc) is 2.58. The summed E-state index contributed by atoms with van der Waals surface area (Å²) in [5, 5.41) is 25.6. The van der Waals surface area contributed by atoms with Crippen LogP contribution in [0.2, 0.25) is 0 Å². The molecule has 1 aliphatic heterocycles. The highest BCUT2D eigenvalue weighted by atomic mass is 16.3. The maximum Gasteiger partial charge on any atom is 0.128 e. The monoisotopic (exact) mass is 340 g/mol. The van der Waals surface area contributed by atoms with Crippen LogP contribution in [0.1, 0.15) is 22.3 Å². The number of benzene rings is 2. The van der Waals surface area contributed by atoms with Gasteiger partial charge in [-0.25, -0.2) is 0 Å². The van der Waals surface area contributed by atoms with Gasteiger partial charge in [0.1, 0.15) is 18.0 Å². The van der Waals surface area contributed by atoms with Gasteiger partial charge in [0.15, 0.2) is 0 Å². The summed E-state index contributed by atoms with van der Waals surface area (Å²) in [6.45, 7) is 9.27. The highest BCUT2D eigenvalue weighted by molar-refractivity contribution is 5.83. The first kappa shape index (κ1) is 17.3. The number of rotatable bonds is 4. The lowest BCUT2D eigenvalue weighted by Gasteiger charge is -2.30. The van der Waals surface area contributed by atoms with Crippen LogP contribution in [0.25, 0.3) is 0 Å². The molecular formula is C20H26N3O2+. The summed E-state index contributed by atoms with van der Waals surface area (Å²) in [4.78, 5) is 1.57. The molecule has 0 aliphatic carbocycles. The molecule has 1 fully saturated rings. The molecule has 0 saturated carbocycles. The van der Waals surface area contributed by atoms with Crippen LogP contribution < -0.4 is 4.90 Å². The van der Waals surface area contributed by atoms with Crippen molar-refractivity contribution in [1.82, 2.24) is 5.01 Å². The Bertz CT molecular complexity index is 766. The van der Waals surface area contributed by atoms with Gasteiger partial charge in [0.25, 0.3) is 0 Å². The van der Waals surface area contributed by atoms with E-state index >= 15 is 0 Å². The molecule has 3 N–H and O–H groups in total. The first-order valence-electron chi connectivity index (χ1n) is 8.72. The molecule has 0 radical (unpaired) electrons. The minimum atomic E-state index is 0.0443. The van der Waals surface area contributed by atoms with Crippen molar-refractivity contribution in [1.29, 1.82) is 0 Å². The molecule has 1 heterocycles. The molecule has 5 heteroatoms. The van der Waals surface area contributed by atoms with Gasteiger partial charge in [-0.2, -0.15) is 5.10 Å². The van der Waals surface area contributed by atoms with E-state index in [4.69, 9.17) is 0 Å². The van der Waals surface area contributed by atoms with E-state index in [-0.39, 0.29) is 11.5 Å². The van der Waals surface area contributed by atoms with Crippen molar-refractivity contribution in [3.63, 3.8) is 0 Å². The molecule has 1 aliphatic rings. The second-order valence-corrected chi connectivity index (χ2v) is 6.80. The minimum Gasteiger partial charge on any atom is -0.508 e. The lowest BCUT2D eigenvalue weighted by molar-refractivity contribution is -0.918. The molecule has 0 spiro atoms. The van der Waals surface area contributed by atoms with Gasteiger partial charge in [0.2, 0.25) is 0 Å². The third-order valence-electron chi connectivity index (χ3n) is 4.76. The van der Waals surface area contributed by atoms with Gasteiger partial charge in [-0.1, -0.05) is 23.8 Å². The molecule has 0 amide bonds. The Morgan fingerprint density at radius 2 is 1.84 bits per heavy atom. The summed E-state index contributed by atoms with van der Waals surface area (Å²) in [5.74, 6) is 0.0983. The molecule has 0 aromatic heterocycles. The number of aryl methyl sites for hydroxylation is 2. The molecule has 2 aromatic carbocycles. The predicted molar refractivity (Wildman–Crippen MR) is 99.3 cm³/mol. The highest BCUT2D eigenvalue weighted by Crippen LogP contribution is 2.20. The van der Waals surface area contributed by atoms with Crippen LogP contribution in [0.15, 0.2) is 41.5 Å². The van der Waals surface area contributed by atoms with Gasteiger partial charge in [0, 0.05) is 17.2 Å². The molecule has 0 unspecified atom stereocenters. The fourth-order valence-electron chi connectivity index (χ4n) is 3.20. The number of hydrogen-bond donors (Lipinski definition) is 3. The summed E-state index contributed by atoms with van der Waals surface area (Å²) in [5.41, 5.74) is 4.72. The zero-order chi connectivity index (χ0) is 17.8. The van der Waals surface area contributed by atoms with Crippen LogP contribution in [0.5, 0.6) is 11.5 Å². The van der Waals surface area contributed by atoms with Crippen LogP contribution in [0.4, 0.5) is 0 Å². The largest absolute Gasteiger partial charge is 0.508 e. The molecule has 132 valence electrons. The Hall–Kier alpha value is -2.53. The fourth-order valence-corrected chi connectivity index (χ4v) is 3.20. The van der Waals surface area contributed by atoms with Crippen LogP contribution in [0, 0.1) is 13.8 Å². The molecule has 2 aromatic rings. The van der Waals surface area contributed by atoms with Crippen molar-refractivity contribution in [3.8, 4) is 11.5 Å². The summed E-state index contributed by atoms with van der Waals surface area (Å²) in [6, 6.07) is 11.2. The van der Waals surface area contributed by atoms with Crippen LogP contribution in [0.3, 0.4) is 0 Å². The molecule has 3 rings (SSSR count). The molecule has 1 saturated heterocycles. The van der Waals surface area contributed by atoms with E-state index in [0.717, 1.165) is 32.7 Å². The quantitative estimate of drug-likeness (QED) is 0.739. The van der Waals surface area contributed by atoms with E-state index < -0.39 is 0 Å². The molecule has 5 nitrogen and oxygen atoms in total. The van der Waals surface area contributed by atoms with E-state index in [9.17, 15) is 10.2 Å². The number of nitrogens with zero attached hydrogens (tertiary/aromatic N) is 2. The van der Waals surface area contributed by atoms with Crippen LogP contribution in [-0.2, 0) is 6.54 Å². The normalized spacial score (nSPS) is 15.8.